The summed E-state index contributed by atoms with van der Waals surface area (Å²) in [6.07, 6.45) is -4.06. The minimum Gasteiger partial charge on any atom is -0.465 e. The number of anilines is 1. The summed E-state index contributed by atoms with van der Waals surface area (Å²) in [5.74, 6) is 0. The third-order valence-corrected chi connectivity index (χ3v) is 4.76. The fourth-order valence-corrected chi connectivity index (χ4v) is 3.59. The molecule has 3 heterocycles. The molecule has 24 heavy (non-hydrogen) atoms. The van der Waals surface area contributed by atoms with Crippen LogP contribution in [0.3, 0.4) is 0 Å². The minimum absolute atomic E-state index is 0.0190. The van der Waals surface area contributed by atoms with Crippen LogP contribution in [0.4, 0.5) is 18.9 Å². The number of aromatic nitrogens is 2. The van der Waals surface area contributed by atoms with E-state index >= 15 is 0 Å². The summed E-state index contributed by atoms with van der Waals surface area (Å²) in [7, 11) is 0. The molecule has 0 aromatic carbocycles. The molecular weight excluding hydrogens is 411 g/mol. The molecule has 3 rings (SSSR count). The van der Waals surface area contributed by atoms with Crippen molar-refractivity contribution in [1.82, 2.24) is 9.97 Å². The van der Waals surface area contributed by atoms with Gasteiger partial charge in [-0.15, -0.1) is 0 Å². The summed E-state index contributed by atoms with van der Waals surface area (Å²) in [6.45, 7) is 0.966. The molecule has 0 spiro atoms. The number of hydrogen-bond acceptors (Lipinski definition) is 6. The van der Waals surface area contributed by atoms with Crippen LogP contribution in [0.25, 0.3) is 0 Å². The highest BCUT2D eigenvalue weighted by Crippen LogP contribution is 2.34. The minimum atomic E-state index is -4.46. The van der Waals surface area contributed by atoms with Gasteiger partial charge in [-0.3, -0.25) is 0 Å². The highest BCUT2D eigenvalue weighted by atomic mass is 79.9. The quantitative estimate of drug-likeness (QED) is 0.762. The van der Waals surface area contributed by atoms with E-state index in [4.69, 9.17) is 4.74 Å². The van der Waals surface area contributed by atoms with E-state index in [1.54, 1.807) is 6.07 Å². The smallest absolute Gasteiger partial charge is 0.434 e. The van der Waals surface area contributed by atoms with Gasteiger partial charge in [0.2, 0.25) is 0 Å². The van der Waals surface area contributed by atoms with Gasteiger partial charge in [-0.05, 0) is 28.1 Å². The maximum atomic E-state index is 12.6. The van der Waals surface area contributed by atoms with Crippen LogP contribution in [0.5, 0.6) is 5.19 Å². The van der Waals surface area contributed by atoms with Gasteiger partial charge in [0, 0.05) is 18.3 Å². The number of hydrogen-bond donors (Lipinski definition) is 1. The normalized spacial score (nSPS) is 18.2. The maximum absolute atomic E-state index is 12.6. The molecule has 0 amide bonds. The lowest BCUT2D eigenvalue weighted by molar-refractivity contribution is -0.140. The number of ether oxygens (including phenoxy) is 1. The van der Waals surface area contributed by atoms with Gasteiger partial charge in [0.25, 0.3) is 5.19 Å². The van der Waals surface area contributed by atoms with Crippen molar-refractivity contribution in [3.8, 4) is 5.19 Å². The van der Waals surface area contributed by atoms with Crippen molar-refractivity contribution in [3.63, 3.8) is 0 Å². The van der Waals surface area contributed by atoms with Crippen molar-refractivity contribution in [2.75, 3.05) is 18.0 Å². The van der Waals surface area contributed by atoms with E-state index in [-0.39, 0.29) is 17.9 Å². The number of nitrogens with zero attached hydrogens (tertiary/aromatic N) is 3. The van der Waals surface area contributed by atoms with Gasteiger partial charge < -0.3 is 14.7 Å². The number of alkyl halides is 3. The van der Waals surface area contributed by atoms with Crippen molar-refractivity contribution in [2.45, 2.75) is 25.3 Å². The van der Waals surface area contributed by atoms with Crippen LogP contribution in [-0.4, -0.2) is 34.3 Å². The molecule has 1 aliphatic rings. The molecule has 1 aliphatic heterocycles. The standard InChI is InChI=1S/C14H13BrF3N3O2S/c15-12-2-1-10(9(6-22)19-12)21-4-3-8(5-21)23-13-20-11(7-24-13)14(16,17)18/h1-2,7-8,22H,3-6H2/t8-/m0/s1. The first kappa shape index (κ1) is 17.4. The van der Waals surface area contributed by atoms with Gasteiger partial charge in [0.15, 0.2) is 5.69 Å². The molecule has 1 saturated heterocycles. The van der Waals surface area contributed by atoms with Crippen LogP contribution < -0.4 is 9.64 Å². The number of pyridine rings is 1. The Balaban J connectivity index is 1.67. The van der Waals surface area contributed by atoms with Crippen LogP contribution in [0, 0.1) is 0 Å². The van der Waals surface area contributed by atoms with E-state index in [1.807, 2.05) is 11.0 Å². The van der Waals surface area contributed by atoms with Crippen molar-refractivity contribution in [2.24, 2.45) is 0 Å². The highest BCUT2D eigenvalue weighted by Gasteiger charge is 2.35. The zero-order valence-corrected chi connectivity index (χ0v) is 14.7. The summed E-state index contributed by atoms with van der Waals surface area (Å²) in [5, 5.41) is 10.4. The van der Waals surface area contributed by atoms with E-state index in [0.717, 1.165) is 22.4 Å². The molecule has 5 nitrogen and oxygen atoms in total. The lowest BCUT2D eigenvalue weighted by atomic mass is 10.3. The summed E-state index contributed by atoms with van der Waals surface area (Å²) in [4.78, 5) is 9.70. The Morgan fingerprint density at radius 1 is 1.38 bits per heavy atom. The zero-order chi connectivity index (χ0) is 17.3. The van der Waals surface area contributed by atoms with Crippen LogP contribution in [0.2, 0.25) is 0 Å². The SMILES string of the molecule is OCc1nc(Br)ccc1N1CC[C@H](Oc2nc(C(F)(F)F)cs2)C1. The summed E-state index contributed by atoms with van der Waals surface area (Å²) >= 11 is 4.10. The molecule has 130 valence electrons. The first-order chi connectivity index (χ1) is 11.4. The molecule has 1 fully saturated rings. The predicted octanol–water partition coefficient (Wildman–Crippen LogP) is 3.47. The van der Waals surface area contributed by atoms with E-state index in [2.05, 4.69) is 25.9 Å². The van der Waals surface area contributed by atoms with E-state index in [0.29, 0.717) is 29.8 Å². The van der Waals surface area contributed by atoms with Crippen molar-refractivity contribution in [1.29, 1.82) is 0 Å². The first-order valence-electron chi connectivity index (χ1n) is 7.07. The third kappa shape index (κ3) is 3.81. The second kappa shape index (κ2) is 6.85. The van der Waals surface area contributed by atoms with Crippen molar-refractivity contribution < 1.29 is 23.0 Å². The first-order valence-corrected chi connectivity index (χ1v) is 8.74. The largest absolute Gasteiger partial charge is 0.465 e. The second-order valence-electron chi connectivity index (χ2n) is 5.23. The van der Waals surface area contributed by atoms with Crippen LogP contribution in [0.1, 0.15) is 17.8 Å². The monoisotopic (exact) mass is 423 g/mol. The fourth-order valence-electron chi connectivity index (χ4n) is 2.50. The Kier molecular flexibility index (Phi) is 4.97. The van der Waals surface area contributed by atoms with Crippen LogP contribution >= 0.6 is 27.3 Å². The number of aliphatic hydroxyl groups is 1. The lowest BCUT2D eigenvalue weighted by Gasteiger charge is -2.20. The predicted molar refractivity (Wildman–Crippen MR) is 86.2 cm³/mol. The Bertz CT molecular complexity index is 726. The Morgan fingerprint density at radius 3 is 2.83 bits per heavy atom. The maximum Gasteiger partial charge on any atom is 0.434 e. The van der Waals surface area contributed by atoms with E-state index in [9.17, 15) is 18.3 Å². The summed E-state index contributed by atoms with van der Waals surface area (Å²) in [6, 6.07) is 3.62. The van der Waals surface area contributed by atoms with Crippen molar-refractivity contribution in [3.05, 3.63) is 33.5 Å². The Labute approximate surface area is 148 Å². The van der Waals surface area contributed by atoms with Crippen LogP contribution in [0.15, 0.2) is 22.1 Å². The molecular formula is C14H13BrF3N3O2S. The number of thiazole rings is 1. The third-order valence-electron chi connectivity index (χ3n) is 3.59. The molecule has 10 heteroatoms. The topological polar surface area (TPSA) is 58.5 Å². The zero-order valence-electron chi connectivity index (χ0n) is 12.3. The summed E-state index contributed by atoms with van der Waals surface area (Å²) < 4.78 is 43.9. The molecule has 0 unspecified atom stereocenters. The molecule has 1 N–H and O–H groups in total. The number of aliphatic hydroxyl groups excluding tert-OH is 1. The number of halogens is 4. The van der Waals surface area contributed by atoms with Crippen LogP contribution in [-0.2, 0) is 12.8 Å². The molecule has 0 aliphatic carbocycles. The molecule has 0 saturated carbocycles. The molecule has 2 aromatic heterocycles. The molecule has 0 radical (unpaired) electrons. The number of rotatable bonds is 4. The average Bonchev–Trinajstić information content (AvgIpc) is 3.16. The van der Waals surface area contributed by atoms with Gasteiger partial charge in [-0.2, -0.15) is 18.2 Å². The highest BCUT2D eigenvalue weighted by molar-refractivity contribution is 9.10. The van der Waals surface area contributed by atoms with E-state index in [1.165, 1.54) is 0 Å². The second-order valence-corrected chi connectivity index (χ2v) is 6.86. The average molecular weight is 424 g/mol. The molecule has 2 aromatic rings. The van der Waals surface area contributed by atoms with Gasteiger partial charge >= 0.3 is 6.18 Å². The van der Waals surface area contributed by atoms with Gasteiger partial charge in [-0.25, -0.2) is 4.98 Å². The fraction of sp³-hybridized carbons (Fsp3) is 0.429. The Hall–Kier alpha value is -1.39. The lowest BCUT2D eigenvalue weighted by Crippen LogP contribution is -2.25. The molecule has 0 bridgehead atoms. The van der Waals surface area contributed by atoms with Gasteiger partial charge in [-0.1, -0.05) is 11.3 Å². The Morgan fingerprint density at radius 2 is 2.17 bits per heavy atom. The van der Waals surface area contributed by atoms with Crippen molar-refractivity contribution >= 4 is 33.0 Å². The molecule has 1 atom stereocenters. The van der Waals surface area contributed by atoms with Gasteiger partial charge in [0.05, 0.1) is 24.5 Å². The summed E-state index contributed by atoms with van der Waals surface area (Å²) in [5.41, 5.74) is 0.401. The van der Waals surface area contributed by atoms with Gasteiger partial charge in [0.1, 0.15) is 10.7 Å². The van der Waals surface area contributed by atoms with E-state index < -0.39 is 11.9 Å².